The zero-order valence-corrected chi connectivity index (χ0v) is 33.0. The molecule has 9 rings (SSSR count). The monoisotopic (exact) mass is 812 g/mol. The maximum absolute atomic E-state index is 14.8. The second-order valence-electron chi connectivity index (χ2n) is 15.5. The molecule has 302 valence electrons. The van der Waals surface area contributed by atoms with Crippen LogP contribution in [0.2, 0.25) is 0 Å². The number of para-hydroxylation sites is 8. The van der Waals surface area contributed by atoms with Crippen LogP contribution in [0, 0.1) is 0 Å². The van der Waals surface area contributed by atoms with Crippen LogP contribution in [0.3, 0.4) is 0 Å². The molecule has 4 nitrogen and oxygen atoms in total. The van der Waals surface area contributed by atoms with Gasteiger partial charge in [-0.05, 0) is 107 Å². The number of fused-ring (bicyclic) bond motifs is 4. The predicted octanol–water partition coefficient (Wildman–Crippen LogP) is 16.5. The Balaban J connectivity index is 1.57. The van der Waals surface area contributed by atoms with Gasteiger partial charge in [0.25, 0.3) is 0 Å². The van der Waals surface area contributed by atoms with Crippen molar-refractivity contribution in [3.8, 4) is 45.3 Å². The highest BCUT2D eigenvalue weighted by molar-refractivity contribution is 6.07. The molecule has 0 fully saturated rings. The van der Waals surface area contributed by atoms with E-state index in [-0.39, 0.29) is 23.0 Å². The molecular formula is C50H38F6N2O2. The second-order valence-corrected chi connectivity index (χ2v) is 15.5. The van der Waals surface area contributed by atoms with E-state index in [2.05, 4.69) is 4.90 Å². The third kappa shape index (κ3) is 6.51. The van der Waals surface area contributed by atoms with Gasteiger partial charge in [0.2, 0.25) is 0 Å². The molecule has 0 bridgehead atoms. The maximum Gasteiger partial charge on any atom is 0.416 e. The lowest BCUT2D eigenvalue weighted by molar-refractivity contribution is -0.138. The molecule has 2 heterocycles. The first-order valence-corrected chi connectivity index (χ1v) is 19.6. The van der Waals surface area contributed by atoms with Gasteiger partial charge in [-0.25, -0.2) is 0 Å². The van der Waals surface area contributed by atoms with Crippen molar-refractivity contribution >= 4 is 34.1 Å². The summed E-state index contributed by atoms with van der Waals surface area (Å²) in [4.78, 5) is 4.01. The summed E-state index contributed by atoms with van der Waals surface area (Å²) in [6.07, 6.45) is -9.39. The number of anilines is 6. The maximum atomic E-state index is 14.8. The number of rotatable bonds is 6. The van der Waals surface area contributed by atoms with Crippen LogP contribution in [0.15, 0.2) is 146 Å². The van der Waals surface area contributed by atoms with E-state index < -0.39 is 23.5 Å². The molecule has 0 N–H and O–H groups in total. The fourth-order valence-corrected chi connectivity index (χ4v) is 8.53. The first-order chi connectivity index (χ1) is 28.7. The highest BCUT2D eigenvalue weighted by atomic mass is 19.4. The lowest BCUT2D eigenvalue weighted by atomic mass is 9.78. The standard InChI is InChI=1S/C50H38F6N2O2/c1-29(2)43-45(31-15-13-17-33(27-31)49(51,52)53)48(58-37-21-7-11-25-41(37)60-42-26-12-8-22-38(42)58)46(32-16-14-18-34(28-32)50(54,55)56)44(30(3)4)47(43)57-35-19-5-9-23-39(35)59-40-24-10-6-20-36(40)57/h5-30H,1-4H3. The number of alkyl halides is 6. The van der Waals surface area contributed by atoms with Crippen LogP contribution in [-0.4, -0.2) is 0 Å². The molecule has 2 aliphatic heterocycles. The molecule has 0 radical (unpaired) electrons. The largest absolute Gasteiger partial charge is 0.453 e. The summed E-state index contributed by atoms with van der Waals surface area (Å²) in [5, 5.41) is 0. The Morgan fingerprint density at radius 3 is 1.03 bits per heavy atom. The summed E-state index contributed by atoms with van der Waals surface area (Å²) in [5.41, 5.74) is 4.52. The van der Waals surface area contributed by atoms with Crippen LogP contribution in [0.25, 0.3) is 22.3 Å². The second kappa shape index (κ2) is 14.5. The summed E-state index contributed by atoms with van der Waals surface area (Å²) in [6, 6.07) is 40.0. The quantitative estimate of drug-likeness (QED) is 0.156. The SMILES string of the molecule is CC(C)c1c(-c2cccc(C(F)(F)F)c2)c(N2c3ccccc3Oc3ccccc32)c(-c2cccc(C(F)(F)F)c2)c(C(C)C)c1N1c2ccccc2Oc2ccccc21. The molecule has 0 spiro atoms. The lowest BCUT2D eigenvalue weighted by Crippen LogP contribution is -2.24. The Morgan fingerprint density at radius 1 is 0.400 bits per heavy atom. The summed E-state index contributed by atoms with van der Waals surface area (Å²) in [5.74, 6) is 1.32. The van der Waals surface area contributed by atoms with Gasteiger partial charge in [0.05, 0.1) is 45.3 Å². The number of halogens is 6. The van der Waals surface area contributed by atoms with E-state index in [0.717, 1.165) is 24.3 Å². The zero-order chi connectivity index (χ0) is 42.1. The van der Waals surface area contributed by atoms with Crippen molar-refractivity contribution < 1.29 is 35.8 Å². The van der Waals surface area contributed by atoms with Gasteiger partial charge < -0.3 is 19.3 Å². The molecule has 10 heteroatoms. The normalized spacial score (nSPS) is 13.3. The molecule has 0 saturated carbocycles. The molecule has 60 heavy (non-hydrogen) atoms. The minimum atomic E-state index is -4.70. The van der Waals surface area contributed by atoms with Crippen LogP contribution >= 0.6 is 0 Å². The van der Waals surface area contributed by atoms with Crippen molar-refractivity contribution in [2.75, 3.05) is 9.80 Å². The van der Waals surface area contributed by atoms with Crippen molar-refractivity contribution in [2.24, 2.45) is 0 Å². The number of nitrogens with zero attached hydrogens (tertiary/aromatic N) is 2. The van der Waals surface area contributed by atoms with Crippen LogP contribution < -0.4 is 19.3 Å². The first-order valence-electron chi connectivity index (χ1n) is 19.6. The molecule has 0 atom stereocenters. The fourth-order valence-electron chi connectivity index (χ4n) is 8.53. The van der Waals surface area contributed by atoms with Crippen molar-refractivity contribution in [3.05, 3.63) is 168 Å². The smallest absolute Gasteiger partial charge is 0.416 e. The summed E-state index contributed by atoms with van der Waals surface area (Å²) < 4.78 is 102. The Bertz CT molecular complexity index is 2610. The van der Waals surface area contributed by atoms with Gasteiger partial charge in [0, 0.05) is 11.1 Å². The van der Waals surface area contributed by atoms with Crippen molar-refractivity contribution in [1.29, 1.82) is 0 Å². The molecule has 7 aromatic rings. The summed E-state index contributed by atoms with van der Waals surface area (Å²) in [6.45, 7) is 7.97. The van der Waals surface area contributed by atoms with Crippen LogP contribution in [0.5, 0.6) is 23.0 Å². The van der Waals surface area contributed by atoms with E-state index >= 15 is 0 Å². The zero-order valence-electron chi connectivity index (χ0n) is 33.0. The lowest BCUT2D eigenvalue weighted by Gasteiger charge is -2.42. The number of hydrogen-bond donors (Lipinski definition) is 0. The van der Waals surface area contributed by atoms with E-state index in [1.54, 1.807) is 24.3 Å². The predicted molar refractivity (Wildman–Crippen MR) is 225 cm³/mol. The van der Waals surface area contributed by atoms with E-state index in [4.69, 9.17) is 9.47 Å². The Hall–Kier alpha value is -6.68. The van der Waals surface area contributed by atoms with Gasteiger partial charge in [-0.3, -0.25) is 0 Å². The van der Waals surface area contributed by atoms with Crippen molar-refractivity contribution in [3.63, 3.8) is 0 Å². The van der Waals surface area contributed by atoms with Gasteiger partial charge in [-0.1, -0.05) is 100 Å². The van der Waals surface area contributed by atoms with E-state index in [1.165, 1.54) is 12.1 Å². The summed E-state index contributed by atoms with van der Waals surface area (Å²) in [7, 11) is 0. The van der Waals surface area contributed by atoms with Gasteiger partial charge in [0.15, 0.2) is 23.0 Å². The third-order valence-electron chi connectivity index (χ3n) is 10.9. The van der Waals surface area contributed by atoms with Crippen molar-refractivity contribution in [2.45, 2.75) is 51.9 Å². The molecule has 7 aromatic carbocycles. The molecule has 0 amide bonds. The molecule has 0 aliphatic carbocycles. The number of benzene rings is 7. The van der Waals surface area contributed by atoms with Crippen LogP contribution in [-0.2, 0) is 12.4 Å². The summed E-state index contributed by atoms with van der Waals surface area (Å²) >= 11 is 0. The number of ether oxygens (including phenoxy) is 2. The molecular weight excluding hydrogens is 775 g/mol. The highest BCUT2D eigenvalue weighted by Gasteiger charge is 2.40. The minimum Gasteiger partial charge on any atom is -0.453 e. The van der Waals surface area contributed by atoms with E-state index in [1.807, 2.05) is 118 Å². The third-order valence-corrected chi connectivity index (χ3v) is 10.9. The fraction of sp³-hybridized carbons (Fsp3) is 0.160. The van der Waals surface area contributed by atoms with Crippen LogP contribution in [0.1, 0.15) is 61.8 Å². The Labute approximate surface area is 343 Å². The number of hydrogen-bond acceptors (Lipinski definition) is 4. The average molecular weight is 813 g/mol. The average Bonchev–Trinajstić information content (AvgIpc) is 3.23. The Kier molecular flexibility index (Phi) is 9.41. The van der Waals surface area contributed by atoms with Gasteiger partial charge in [0.1, 0.15) is 0 Å². The van der Waals surface area contributed by atoms with Gasteiger partial charge in [-0.2, -0.15) is 26.3 Å². The topological polar surface area (TPSA) is 24.9 Å². The van der Waals surface area contributed by atoms with E-state index in [9.17, 15) is 26.3 Å². The first kappa shape index (κ1) is 38.8. The minimum absolute atomic E-state index is 0.240. The molecule has 0 saturated heterocycles. The van der Waals surface area contributed by atoms with Gasteiger partial charge >= 0.3 is 12.4 Å². The molecule has 2 aliphatic rings. The molecule has 0 aromatic heterocycles. The van der Waals surface area contributed by atoms with Crippen LogP contribution in [0.4, 0.5) is 60.5 Å². The van der Waals surface area contributed by atoms with Gasteiger partial charge in [-0.15, -0.1) is 0 Å². The van der Waals surface area contributed by atoms with Crippen molar-refractivity contribution in [1.82, 2.24) is 0 Å². The highest BCUT2D eigenvalue weighted by Crippen LogP contribution is 2.63. The molecule has 0 unspecified atom stereocenters. The van der Waals surface area contributed by atoms with E-state index in [0.29, 0.717) is 79.4 Å². The Morgan fingerprint density at radius 2 is 0.717 bits per heavy atom.